The van der Waals surface area contributed by atoms with Crippen LogP contribution < -0.4 is 0 Å². The van der Waals surface area contributed by atoms with Gasteiger partial charge in [0.1, 0.15) is 0 Å². The molecule has 4 nitrogen and oxygen atoms in total. The van der Waals surface area contributed by atoms with Crippen LogP contribution in [0.4, 0.5) is 0 Å². The fourth-order valence-corrected chi connectivity index (χ4v) is 1.98. The third-order valence-corrected chi connectivity index (χ3v) is 3.24. The van der Waals surface area contributed by atoms with E-state index in [2.05, 4.69) is 23.7 Å². The topological polar surface area (TPSA) is 52.6 Å². The van der Waals surface area contributed by atoms with E-state index < -0.39 is 17.4 Å². The van der Waals surface area contributed by atoms with Gasteiger partial charge in [-0.1, -0.05) is 37.0 Å². The molecule has 0 aliphatic carbocycles. The number of ether oxygens (including phenoxy) is 2. The van der Waals surface area contributed by atoms with Crippen molar-refractivity contribution in [1.82, 2.24) is 0 Å². The molecule has 0 radical (unpaired) electrons. The molecule has 0 saturated carbocycles. The van der Waals surface area contributed by atoms with E-state index in [1.807, 2.05) is 37.3 Å². The highest BCUT2D eigenvalue weighted by atomic mass is 16.5. The lowest BCUT2D eigenvalue weighted by molar-refractivity contribution is -0.168. The Balaban J connectivity index is 3.13. The summed E-state index contributed by atoms with van der Waals surface area (Å²) in [5, 5.41) is 0. The Kier molecular flexibility index (Phi) is 7.43. The maximum absolute atomic E-state index is 12.2. The van der Waals surface area contributed by atoms with Crippen molar-refractivity contribution in [2.75, 3.05) is 14.2 Å². The van der Waals surface area contributed by atoms with Gasteiger partial charge in [-0.05, 0) is 12.1 Å². The molecule has 0 heterocycles. The Morgan fingerprint density at radius 2 is 1.52 bits per heavy atom. The molecule has 0 N–H and O–H groups in total. The number of rotatable bonds is 4. The molecule has 0 saturated heterocycles. The predicted octanol–water partition coefficient (Wildman–Crippen LogP) is 2.56. The molecule has 0 amide bonds. The summed E-state index contributed by atoms with van der Waals surface area (Å²) in [6, 6.07) is 9.32. The lowest BCUT2D eigenvalue weighted by Gasteiger charge is -2.23. The van der Waals surface area contributed by atoms with Gasteiger partial charge < -0.3 is 9.47 Å². The molecule has 0 bridgehead atoms. The van der Waals surface area contributed by atoms with E-state index in [4.69, 9.17) is 9.47 Å². The number of carbonyl (C=O) groups is 2. The van der Waals surface area contributed by atoms with E-state index in [1.165, 1.54) is 14.2 Å². The van der Waals surface area contributed by atoms with Gasteiger partial charge >= 0.3 is 11.9 Å². The van der Waals surface area contributed by atoms with E-state index in [9.17, 15) is 9.59 Å². The maximum atomic E-state index is 12.2. The molecule has 0 aromatic heterocycles. The zero-order valence-corrected chi connectivity index (χ0v) is 13.6. The van der Waals surface area contributed by atoms with Gasteiger partial charge in [-0.25, -0.2) is 0 Å². The standard InChI is InChI=1S/C19H20O4/c1-4-5-9-14-19(17(20)22-2,18(21)23-3)15-10-13-16-11-7-6-8-12-16/h6-8,11-12H,4,14-15H2,1-3H3. The monoisotopic (exact) mass is 312 g/mol. The van der Waals surface area contributed by atoms with Gasteiger partial charge in [-0.2, -0.15) is 0 Å². The molecule has 0 spiro atoms. The highest BCUT2D eigenvalue weighted by Crippen LogP contribution is 2.29. The number of hydrogen-bond donors (Lipinski definition) is 0. The number of benzene rings is 1. The Morgan fingerprint density at radius 1 is 0.957 bits per heavy atom. The van der Waals surface area contributed by atoms with Crippen LogP contribution in [0, 0.1) is 29.1 Å². The first-order valence-corrected chi connectivity index (χ1v) is 7.27. The second-order valence-corrected chi connectivity index (χ2v) is 4.79. The van der Waals surface area contributed by atoms with E-state index >= 15 is 0 Å². The first-order chi connectivity index (χ1) is 11.1. The number of esters is 2. The minimum Gasteiger partial charge on any atom is -0.468 e. The molecular formula is C19H20O4. The molecule has 0 aliphatic rings. The summed E-state index contributed by atoms with van der Waals surface area (Å²) in [7, 11) is 2.47. The largest absolute Gasteiger partial charge is 0.468 e. The molecular weight excluding hydrogens is 292 g/mol. The fraction of sp³-hybridized carbons (Fsp3) is 0.368. The van der Waals surface area contributed by atoms with Crippen molar-refractivity contribution in [3.63, 3.8) is 0 Å². The summed E-state index contributed by atoms with van der Waals surface area (Å²) in [5.41, 5.74) is -0.719. The molecule has 0 unspecified atom stereocenters. The predicted molar refractivity (Wildman–Crippen MR) is 87.1 cm³/mol. The Labute approximate surface area is 137 Å². The molecule has 23 heavy (non-hydrogen) atoms. The van der Waals surface area contributed by atoms with Crippen LogP contribution >= 0.6 is 0 Å². The summed E-state index contributed by atoms with van der Waals surface area (Å²) in [5.74, 6) is 10.1. The molecule has 1 rings (SSSR count). The number of hydrogen-bond acceptors (Lipinski definition) is 4. The summed E-state index contributed by atoms with van der Waals surface area (Å²) >= 11 is 0. The van der Waals surface area contributed by atoms with Gasteiger partial charge in [-0.3, -0.25) is 9.59 Å². The zero-order chi connectivity index (χ0) is 17.1. The lowest BCUT2D eigenvalue weighted by Crippen LogP contribution is -2.40. The van der Waals surface area contributed by atoms with Gasteiger partial charge in [0, 0.05) is 24.8 Å². The normalized spacial score (nSPS) is 9.70. The van der Waals surface area contributed by atoms with Crippen LogP contribution in [-0.4, -0.2) is 26.2 Å². The molecule has 1 aromatic carbocycles. The van der Waals surface area contributed by atoms with Crippen LogP contribution in [0.3, 0.4) is 0 Å². The Hall–Kier alpha value is -2.72. The number of carbonyl (C=O) groups excluding carboxylic acids is 2. The van der Waals surface area contributed by atoms with E-state index in [0.717, 1.165) is 5.56 Å². The van der Waals surface area contributed by atoms with Gasteiger partial charge in [0.25, 0.3) is 0 Å². The second kappa shape index (κ2) is 9.33. The van der Waals surface area contributed by atoms with Crippen molar-refractivity contribution < 1.29 is 19.1 Å². The van der Waals surface area contributed by atoms with Crippen molar-refractivity contribution >= 4 is 11.9 Å². The van der Waals surface area contributed by atoms with Crippen LogP contribution in [-0.2, 0) is 19.1 Å². The molecule has 4 heteroatoms. The molecule has 0 aliphatic heterocycles. The van der Waals surface area contributed by atoms with Gasteiger partial charge in [-0.15, -0.1) is 11.8 Å². The average Bonchev–Trinajstić information content (AvgIpc) is 2.60. The molecule has 120 valence electrons. The third-order valence-electron chi connectivity index (χ3n) is 3.24. The minimum absolute atomic E-state index is 0.0143. The van der Waals surface area contributed by atoms with Crippen molar-refractivity contribution in [3.05, 3.63) is 35.9 Å². The highest BCUT2D eigenvalue weighted by Gasteiger charge is 2.47. The zero-order valence-electron chi connectivity index (χ0n) is 13.6. The van der Waals surface area contributed by atoms with Crippen LogP contribution in [0.15, 0.2) is 30.3 Å². The molecule has 1 aromatic rings. The van der Waals surface area contributed by atoms with E-state index in [0.29, 0.717) is 6.42 Å². The van der Waals surface area contributed by atoms with Crippen LogP contribution in [0.25, 0.3) is 0 Å². The van der Waals surface area contributed by atoms with Crippen LogP contribution in [0.2, 0.25) is 0 Å². The Morgan fingerprint density at radius 3 is 2.04 bits per heavy atom. The Bertz CT molecular complexity index is 637. The van der Waals surface area contributed by atoms with E-state index in [-0.39, 0.29) is 12.8 Å². The summed E-state index contributed by atoms with van der Waals surface area (Å²) in [6.45, 7) is 1.89. The van der Waals surface area contributed by atoms with Crippen molar-refractivity contribution in [2.24, 2.45) is 5.41 Å². The quantitative estimate of drug-likeness (QED) is 0.487. The highest BCUT2D eigenvalue weighted by molar-refractivity contribution is 6.00. The van der Waals surface area contributed by atoms with Gasteiger partial charge in [0.2, 0.25) is 0 Å². The summed E-state index contributed by atoms with van der Waals surface area (Å²) < 4.78 is 9.59. The smallest absolute Gasteiger partial charge is 0.325 e. The third kappa shape index (κ3) is 4.90. The summed E-state index contributed by atoms with van der Waals surface area (Å²) in [4.78, 5) is 24.4. The van der Waals surface area contributed by atoms with Crippen molar-refractivity contribution in [1.29, 1.82) is 0 Å². The van der Waals surface area contributed by atoms with Crippen LogP contribution in [0.5, 0.6) is 0 Å². The van der Waals surface area contributed by atoms with Gasteiger partial charge in [0.15, 0.2) is 5.41 Å². The average molecular weight is 312 g/mol. The van der Waals surface area contributed by atoms with Crippen LogP contribution in [0.1, 0.15) is 31.7 Å². The minimum atomic E-state index is -1.52. The first-order valence-electron chi connectivity index (χ1n) is 7.27. The number of methoxy groups -OCH3 is 2. The maximum Gasteiger partial charge on any atom is 0.325 e. The first kappa shape index (κ1) is 18.3. The van der Waals surface area contributed by atoms with E-state index in [1.54, 1.807) is 0 Å². The molecule has 0 fully saturated rings. The van der Waals surface area contributed by atoms with Crippen molar-refractivity contribution in [2.45, 2.75) is 26.2 Å². The van der Waals surface area contributed by atoms with Crippen molar-refractivity contribution in [3.8, 4) is 23.7 Å². The van der Waals surface area contributed by atoms with Gasteiger partial charge in [0.05, 0.1) is 14.2 Å². The fourth-order valence-electron chi connectivity index (χ4n) is 1.98. The lowest BCUT2D eigenvalue weighted by atomic mass is 9.81. The molecule has 0 atom stereocenters. The second-order valence-electron chi connectivity index (χ2n) is 4.79. The summed E-state index contributed by atoms with van der Waals surface area (Å²) in [6.07, 6.45) is 0.636. The SMILES string of the molecule is CCC#CCC(CC#Cc1ccccc1)(C(=O)OC)C(=O)OC.